The Hall–Kier alpha value is -2.69. The van der Waals surface area contributed by atoms with E-state index in [1.165, 1.54) is 17.7 Å². The average Bonchev–Trinajstić information content (AvgIpc) is 2.54. The number of carbonyl (C=O) groups excluding carboxylic acids is 1. The molecule has 1 atom stereocenters. The van der Waals surface area contributed by atoms with Crippen molar-refractivity contribution in [1.29, 1.82) is 0 Å². The second-order valence-electron chi connectivity index (χ2n) is 5.17. The maximum Gasteiger partial charge on any atom is 0.282 e. The van der Waals surface area contributed by atoms with E-state index >= 15 is 0 Å². The monoisotopic (exact) mass is 298 g/mol. The number of nitrogens with one attached hydrogen (secondary N) is 1. The highest BCUT2D eigenvalue weighted by Crippen LogP contribution is 2.17. The van der Waals surface area contributed by atoms with Crippen LogP contribution in [0.1, 0.15) is 29.3 Å². The normalized spacial score (nSPS) is 11.7. The van der Waals surface area contributed by atoms with Gasteiger partial charge in [-0.1, -0.05) is 42.5 Å². The van der Waals surface area contributed by atoms with Gasteiger partial charge in [0.25, 0.3) is 11.6 Å². The summed E-state index contributed by atoms with van der Waals surface area (Å²) in [4.78, 5) is 22.6. The van der Waals surface area contributed by atoms with Crippen molar-refractivity contribution in [3.05, 3.63) is 75.8 Å². The van der Waals surface area contributed by atoms with Crippen molar-refractivity contribution in [2.24, 2.45) is 0 Å². The Labute approximate surface area is 129 Å². The van der Waals surface area contributed by atoms with Gasteiger partial charge in [0.2, 0.25) is 0 Å². The first-order valence-electron chi connectivity index (χ1n) is 7.16. The predicted octanol–water partition coefficient (Wildman–Crippen LogP) is 3.35. The van der Waals surface area contributed by atoms with Crippen LogP contribution in [0.25, 0.3) is 0 Å². The van der Waals surface area contributed by atoms with Crippen LogP contribution in [0, 0.1) is 10.1 Å². The van der Waals surface area contributed by atoms with Gasteiger partial charge >= 0.3 is 0 Å². The molecular weight excluding hydrogens is 280 g/mol. The van der Waals surface area contributed by atoms with Crippen LogP contribution in [0.2, 0.25) is 0 Å². The molecular formula is C17H18N2O3. The second kappa shape index (κ2) is 7.36. The highest BCUT2D eigenvalue weighted by Gasteiger charge is 2.20. The van der Waals surface area contributed by atoms with Crippen molar-refractivity contribution >= 4 is 11.6 Å². The molecule has 2 aromatic carbocycles. The van der Waals surface area contributed by atoms with Crippen LogP contribution in [-0.2, 0) is 6.42 Å². The molecule has 0 aliphatic rings. The fourth-order valence-corrected chi connectivity index (χ4v) is 2.23. The van der Waals surface area contributed by atoms with Gasteiger partial charge in [0.05, 0.1) is 4.92 Å². The number of hydrogen-bond acceptors (Lipinski definition) is 3. The second-order valence-corrected chi connectivity index (χ2v) is 5.17. The molecule has 2 rings (SSSR count). The molecule has 22 heavy (non-hydrogen) atoms. The number of benzene rings is 2. The van der Waals surface area contributed by atoms with Crippen LogP contribution in [-0.4, -0.2) is 16.9 Å². The minimum absolute atomic E-state index is 0.0625. The van der Waals surface area contributed by atoms with E-state index in [9.17, 15) is 14.9 Å². The van der Waals surface area contributed by atoms with Gasteiger partial charge in [-0.3, -0.25) is 14.9 Å². The van der Waals surface area contributed by atoms with Gasteiger partial charge in [-0.05, 0) is 31.4 Å². The van der Waals surface area contributed by atoms with Crippen LogP contribution in [0.15, 0.2) is 54.6 Å². The molecule has 0 unspecified atom stereocenters. The lowest BCUT2D eigenvalue weighted by molar-refractivity contribution is -0.385. The van der Waals surface area contributed by atoms with E-state index < -0.39 is 10.8 Å². The molecule has 0 aliphatic heterocycles. The fraction of sp³-hybridized carbons (Fsp3) is 0.235. The van der Waals surface area contributed by atoms with Crippen molar-refractivity contribution in [3.63, 3.8) is 0 Å². The molecule has 0 aromatic heterocycles. The van der Waals surface area contributed by atoms with Crippen LogP contribution in [0.5, 0.6) is 0 Å². The molecule has 0 saturated carbocycles. The summed E-state index contributed by atoms with van der Waals surface area (Å²) in [6.07, 6.45) is 1.62. The van der Waals surface area contributed by atoms with Crippen LogP contribution >= 0.6 is 0 Å². The molecule has 0 radical (unpaired) electrons. The molecule has 114 valence electrons. The first kappa shape index (κ1) is 15.7. The van der Waals surface area contributed by atoms with Crippen LogP contribution in [0.4, 0.5) is 5.69 Å². The number of para-hydroxylation sites is 1. The van der Waals surface area contributed by atoms with Gasteiger partial charge in [0.15, 0.2) is 0 Å². The number of nitro benzene ring substituents is 1. The highest BCUT2D eigenvalue weighted by molar-refractivity contribution is 5.98. The lowest BCUT2D eigenvalue weighted by Crippen LogP contribution is -2.33. The number of rotatable bonds is 6. The Balaban J connectivity index is 1.95. The smallest absolute Gasteiger partial charge is 0.282 e. The highest BCUT2D eigenvalue weighted by atomic mass is 16.6. The fourth-order valence-electron chi connectivity index (χ4n) is 2.23. The summed E-state index contributed by atoms with van der Waals surface area (Å²) in [7, 11) is 0. The third-order valence-electron chi connectivity index (χ3n) is 3.43. The Bertz CT molecular complexity index is 656. The number of aryl methyl sites for hydroxylation is 1. The maximum absolute atomic E-state index is 12.2. The van der Waals surface area contributed by atoms with Crippen LogP contribution < -0.4 is 5.32 Å². The molecule has 0 saturated heterocycles. The Kier molecular flexibility index (Phi) is 5.25. The zero-order chi connectivity index (χ0) is 15.9. The molecule has 0 spiro atoms. The first-order chi connectivity index (χ1) is 10.6. The number of hydrogen-bond donors (Lipinski definition) is 1. The molecule has 5 heteroatoms. The summed E-state index contributed by atoms with van der Waals surface area (Å²) >= 11 is 0. The maximum atomic E-state index is 12.2. The van der Waals surface area contributed by atoms with E-state index in [0.717, 1.165) is 12.8 Å². The van der Waals surface area contributed by atoms with Crippen molar-refractivity contribution < 1.29 is 9.72 Å². The van der Waals surface area contributed by atoms with E-state index in [4.69, 9.17) is 0 Å². The Morgan fingerprint density at radius 2 is 1.77 bits per heavy atom. The summed E-state index contributed by atoms with van der Waals surface area (Å²) in [6, 6.07) is 15.9. The molecule has 0 aliphatic carbocycles. The third-order valence-corrected chi connectivity index (χ3v) is 3.43. The third kappa shape index (κ3) is 4.15. The quantitative estimate of drug-likeness (QED) is 0.656. The van der Waals surface area contributed by atoms with Crippen molar-refractivity contribution in [2.75, 3.05) is 0 Å². The Morgan fingerprint density at radius 3 is 2.45 bits per heavy atom. The number of nitro groups is 1. The van der Waals surface area contributed by atoms with Crippen molar-refractivity contribution in [1.82, 2.24) is 5.32 Å². The van der Waals surface area contributed by atoms with Crippen molar-refractivity contribution in [2.45, 2.75) is 25.8 Å². The summed E-state index contributed by atoms with van der Waals surface area (Å²) in [6.45, 7) is 1.90. The van der Waals surface area contributed by atoms with Gasteiger partial charge in [0, 0.05) is 12.1 Å². The minimum atomic E-state index is -0.538. The molecule has 0 bridgehead atoms. The SMILES string of the molecule is C[C@@H](CCc1ccccc1)NC(=O)c1ccccc1[N+](=O)[O-]. The predicted molar refractivity (Wildman–Crippen MR) is 84.8 cm³/mol. The minimum Gasteiger partial charge on any atom is -0.349 e. The number of carbonyl (C=O) groups is 1. The van der Waals surface area contributed by atoms with E-state index in [0.29, 0.717) is 0 Å². The van der Waals surface area contributed by atoms with Crippen LogP contribution in [0.3, 0.4) is 0 Å². The summed E-state index contributed by atoms with van der Waals surface area (Å²) in [5.74, 6) is -0.409. The molecule has 1 N–H and O–H groups in total. The summed E-state index contributed by atoms with van der Waals surface area (Å²) in [5, 5.41) is 13.8. The topological polar surface area (TPSA) is 72.2 Å². The van der Waals surface area contributed by atoms with Gasteiger partial charge in [-0.2, -0.15) is 0 Å². The molecule has 0 heterocycles. The van der Waals surface area contributed by atoms with E-state index in [1.54, 1.807) is 12.1 Å². The lowest BCUT2D eigenvalue weighted by Gasteiger charge is -2.14. The standard InChI is InChI=1S/C17H18N2O3/c1-13(11-12-14-7-3-2-4-8-14)18-17(20)15-9-5-6-10-16(15)19(21)22/h2-10,13H,11-12H2,1H3,(H,18,20)/t13-/m0/s1. The van der Waals surface area contributed by atoms with Gasteiger partial charge in [0.1, 0.15) is 5.56 Å². The van der Waals surface area contributed by atoms with E-state index in [-0.39, 0.29) is 17.3 Å². The summed E-state index contributed by atoms with van der Waals surface area (Å²) < 4.78 is 0. The first-order valence-corrected chi connectivity index (χ1v) is 7.16. The van der Waals surface area contributed by atoms with Gasteiger partial charge in [-0.15, -0.1) is 0 Å². The molecule has 1 amide bonds. The largest absolute Gasteiger partial charge is 0.349 e. The van der Waals surface area contributed by atoms with Gasteiger partial charge < -0.3 is 5.32 Å². The zero-order valence-electron chi connectivity index (χ0n) is 12.4. The van der Waals surface area contributed by atoms with Gasteiger partial charge in [-0.25, -0.2) is 0 Å². The summed E-state index contributed by atoms with van der Waals surface area (Å²) in [5.41, 5.74) is 1.13. The average molecular weight is 298 g/mol. The Morgan fingerprint density at radius 1 is 1.14 bits per heavy atom. The molecule has 0 fully saturated rings. The van der Waals surface area contributed by atoms with E-state index in [2.05, 4.69) is 5.32 Å². The number of nitrogens with zero attached hydrogens (tertiary/aromatic N) is 1. The molecule has 2 aromatic rings. The zero-order valence-corrected chi connectivity index (χ0v) is 12.4. The van der Waals surface area contributed by atoms with E-state index in [1.807, 2.05) is 37.3 Å². The number of amides is 1. The van der Waals surface area contributed by atoms with Crippen molar-refractivity contribution in [3.8, 4) is 0 Å². The lowest BCUT2D eigenvalue weighted by atomic mass is 10.1. The molecule has 5 nitrogen and oxygen atoms in total.